The van der Waals surface area contributed by atoms with Crippen molar-refractivity contribution in [1.29, 1.82) is 0 Å². The maximum atomic E-state index is 13.1. The highest BCUT2D eigenvalue weighted by Gasteiger charge is 2.27. The van der Waals surface area contributed by atoms with Gasteiger partial charge in [0.2, 0.25) is 0 Å². The zero-order valence-corrected chi connectivity index (χ0v) is 20.7. The average Bonchev–Trinajstić information content (AvgIpc) is 2.83. The summed E-state index contributed by atoms with van der Waals surface area (Å²) in [6.07, 6.45) is 0. The van der Waals surface area contributed by atoms with E-state index in [2.05, 4.69) is 46.6 Å². The van der Waals surface area contributed by atoms with Gasteiger partial charge in [0.15, 0.2) is 0 Å². The normalized spacial score (nSPS) is 16.1. The lowest BCUT2D eigenvalue weighted by Gasteiger charge is -2.43. The van der Waals surface area contributed by atoms with Gasteiger partial charge in [0.05, 0.1) is 28.9 Å². The quantitative estimate of drug-likeness (QED) is 0.506. The minimum atomic E-state index is -3.95. The first kappa shape index (κ1) is 24.4. The maximum Gasteiger partial charge on any atom is 0.335 e. The van der Waals surface area contributed by atoms with E-state index in [-0.39, 0.29) is 22.2 Å². The Balaban J connectivity index is 1.62. The molecule has 2 N–H and O–H groups in total. The second kappa shape index (κ2) is 9.87. The lowest BCUT2D eigenvalue weighted by atomic mass is 10.1. The molecule has 1 aliphatic rings. The van der Waals surface area contributed by atoms with Gasteiger partial charge in [-0.1, -0.05) is 12.1 Å². The van der Waals surface area contributed by atoms with Crippen LogP contribution in [0.1, 0.15) is 22.8 Å². The number of carboxylic acids is 1. The third kappa shape index (κ3) is 5.35. The SMILES string of the molecule is COc1ccc(S(=O)(=O)Nc2cc(C(=O)O)ccc2N2CCN(c3cccc(C)c3)[C@H](C)C2)cc1. The van der Waals surface area contributed by atoms with E-state index in [1.54, 1.807) is 18.2 Å². The third-order valence-electron chi connectivity index (χ3n) is 6.16. The first-order valence-electron chi connectivity index (χ1n) is 11.3. The number of aromatic carboxylic acids is 1. The molecule has 1 heterocycles. The van der Waals surface area contributed by atoms with Gasteiger partial charge >= 0.3 is 5.97 Å². The molecular weight excluding hydrogens is 466 g/mol. The summed E-state index contributed by atoms with van der Waals surface area (Å²) in [6, 6.07) is 19.1. The molecule has 0 aromatic heterocycles. The predicted octanol–water partition coefficient (Wildman–Crippen LogP) is 4.22. The zero-order valence-electron chi connectivity index (χ0n) is 19.9. The van der Waals surface area contributed by atoms with Crippen molar-refractivity contribution in [3.63, 3.8) is 0 Å². The molecule has 3 aromatic rings. The Kier molecular flexibility index (Phi) is 6.88. The van der Waals surface area contributed by atoms with Gasteiger partial charge in [0, 0.05) is 31.4 Å². The number of benzene rings is 3. The molecule has 1 fully saturated rings. The van der Waals surface area contributed by atoms with E-state index < -0.39 is 16.0 Å². The highest BCUT2D eigenvalue weighted by molar-refractivity contribution is 7.92. The number of rotatable bonds is 7. The van der Waals surface area contributed by atoms with Gasteiger partial charge < -0.3 is 19.6 Å². The lowest BCUT2D eigenvalue weighted by molar-refractivity contribution is 0.0697. The van der Waals surface area contributed by atoms with E-state index in [4.69, 9.17) is 4.74 Å². The lowest BCUT2D eigenvalue weighted by Crippen LogP contribution is -2.52. The Bertz CT molecular complexity index is 1330. The van der Waals surface area contributed by atoms with Crippen LogP contribution in [0.3, 0.4) is 0 Å². The van der Waals surface area contributed by atoms with Gasteiger partial charge in [0.1, 0.15) is 5.75 Å². The highest BCUT2D eigenvalue weighted by atomic mass is 32.2. The highest BCUT2D eigenvalue weighted by Crippen LogP contribution is 2.32. The molecule has 1 atom stereocenters. The van der Waals surface area contributed by atoms with Crippen LogP contribution in [0.4, 0.5) is 17.1 Å². The van der Waals surface area contributed by atoms with E-state index in [0.717, 1.165) is 12.2 Å². The zero-order chi connectivity index (χ0) is 25.2. The Morgan fingerprint density at radius 3 is 2.43 bits per heavy atom. The van der Waals surface area contributed by atoms with Gasteiger partial charge in [0.25, 0.3) is 10.0 Å². The number of carbonyl (C=O) groups is 1. The van der Waals surface area contributed by atoms with Crippen LogP contribution in [0.25, 0.3) is 0 Å². The van der Waals surface area contributed by atoms with Gasteiger partial charge in [-0.15, -0.1) is 0 Å². The second-order valence-electron chi connectivity index (χ2n) is 8.65. The molecule has 8 nitrogen and oxygen atoms in total. The Hall–Kier alpha value is -3.72. The van der Waals surface area contributed by atoms with Gasteiger partial charge in [-0.2, -0.15) is 0 Å². The molecular formula is C26H29N3O5S. The molecule has 3 aromatic carbocycles. The van der Waals surface area contributed by atoms with Gasteiger partial charge in [-0.05, 0) is 74.0 Å². The average molecular weight is 496 g/mol. The predicted molar refractivity (Wildman–Crippen MR) is 137 cm³/mol. The monoisotopic (exact) mass is 495 g/mol. The van der Waals surface area contributed by atoms with Crippen molar-refractivity contribution in [3.8, 4) is 5.75 Å². The number of hydrogen-bond acceptors (Lipinski definition) is 6. The van der Waals surface area contributed by atoms with E-state index in [9.17, 15) is 18.3 Å². The van der Waals surface area contributed by atoms with Crippen LogP contribution < -0.4 is 19.3 Å². The Morgan fingerprint density at radius 2 is 1.80 bits per heavy atom. The minimum Gasteiger partial charge on any atom is -0.497 e. The Morgan fingerprint density at radius 1 is 1.06 bits per heavy atom. The number of ether oxygens (including phenoxy) is 1. The fourth-order valence-corrected chi connectivity index (χ4v) is 5.42. The number of piperazine rings is 1. The van der Waals surface area contributed by atoms with Crippen molar-refractivity contribution in [2.75, 3.05) is 41.3 Å². The molecule has 35 heavy (non-hydrogen) atoms. The molecule has 9 heteroatoms. The molecule has 184 valence electrons. The second-order valence-corrected chi connectivity index (χ2v) is 10.3. The summed E-state index contributed by atoms with van der Waals surface area (Å²) >= 11 is 0. The van der Waals surface area contributed by atoms with Gasteiger partial charge in [-0.25, -0.2) is 13.2 Å². The summed E-state index contributed by atoms with van der Waals surface area (Å²) in [6.45, 7) is 6.24. The van der Waals surface area contributed by atoms with Crippen molar-refractivity contribution < 1.29 is 23.1 Å². The van der Waals surface area contributed by atoms with E-state index in [0.29, 0.717) is 24.5 Å². The molecule has 0 aliphatic carbocycles. The van der Waals surface area contributed by atoms with Crippen molar-refractivity contribution in [1.82, 2.24) is 0 Å². The van der Waals surface area contributed by atoms with Crippen molar-refractivity contribution in [2.24, 2.45) is 0 Å². The summed E-state index contributed by atoms with van der Waals surface area (Å²) in [5.74, 6) is -0.586. The molecule has 1 saturated heterocycles. The number of methoxy groups -OCH3 is 1. The number of sulfonamides is 1. The standard InChI is InChI=1S/C26H29N3O5S/c1-18-5-4-6-21(15-18)29-14-13-28(17-19(29)2)25-12-7-20(26(30)31)16-24(25)27-35(32,33)23-10-8-22(34-3)9-11-23/h4-12,15-16,19,27H,13-14,17H2,1-3H3,(H,30,31)/t19-/m1/s1. The van der Waals surface area contributed by atoms with E-state index in [1.165, 1.54) is 36.9 Å². The number of carboxylic acid groups (broad SMARTS) is 1. The first-order valence-corrected chi connectivity index (χ1v) is 12.8. The van der Waals surface area contributed by atoms with Crippen LogP contribution in [0.15, 0.2) is 71.6 Å². The minimum absolute atomic E-state index is 0.00706. The van der Waals surface area contributed by atoms with Crippen molar-refractivity contribution in [3.05, 3.63) is 77.9 Å². The first-order chi connectivity index (χ1) is 16.7. The number of nitrogens with zero attached hydrogens (tertiary/aromatic N) is 2. The number of anilines is 3. The van der Waals surface area contributed by atoms with Crippen molar-refractivity contribution >= 4 is 33.1 Å². The third-order valence-corrected chi connectivity index (χ3v) is 7.54. The molecule has 0 spiro atoms. The van der Waals surface area contributed by atoms with Crippen LogP contribution in [0, 0.1) is 6.92 Å². The largest absolute Gasteiger partial charge is 0.497 e. The fourth-order valence-electron chi connectivity index (χ4n) is 4.35. The summed E-state index contributed by atoms with van der Waals surface area (Å²) < 4.78 is 34.0. The van der Waals surface area contributed by atoms with Gasteiger partial charge in [-0.3, -0.25) is 4.72 Å². The molecule has 0 unspecified atom stereocenters. The maximum absolute atomic E-state index is 13.1. The molecule has 0 saturated carbocycles. The topological polar surface area (TPSA) is 99.2 Å². The number of nitrogens with one attached hydrogen (secondary N) is 1. The van der Waals surface area contributed by atoms with E-state index in [1.807, 2.05) is 6.07 Å². The van der Waals surface area contributed by atoms with Crippen molar-refractivity contribution in [2.45, 2.75) is 24.8 Å². The summed E-state index contributed by atoms with van der Waals surface area (Å²) in [4.78, 5) is 16.1. The van der Waals surface area contributed by atoms with Crippen LogP contribution in [0.2, 0.25) is 0 Å². The smallest absolute Gasteiger partial charge is 0.335 e. The Labute approximate surface area is 205 Å². The summed E-state index contributed by atoms with van der Waals surface area (Å²) in [7, 11) is -2.44. The fraction of sp³-hybridized carbons (Fsp3) is 0.269. The number of aryl methyl sites for hydroxylation is 1. The molecule has 0 radical (unpaired) electrons. The van der Waals surface area contributed by atoms with Crippen LogP contribution in [-0.4, -0.2) is 52.3 Å². The van der Waals surface area contributed by atoms with Crippen LogP contribution in [-0.2, 0) is 10.0 Å². The van der Waals surface area contributed by atoms with Crippen LogP contribution >= 0.6 is 0 Å². The molecule has 1 aliphatic heterocycles. The molecule has 0 amide bonds. The summed E-state index contributed by atoms with van der Waals surface area (Å²) in [5, 5.41) is 9.50. The van der Waals surface area contributed by atoms with E-state index >= 15 is 0 Å². The van der Waals surface area contributed by atoms with Crippen LogP contribution in [0.5, 0.6) is 5.75 Å². The number of hydrogen-bond donors (Lipinski definition) is 2. The molecule has 4 rings (SSSR count). The summed E-state index contributed by atoms with van der Waals surface area (Å²) in [5.41, 5.74) is 3.22. The molecule has 0 bridgehead atoms.